The molecule has 9 heavy (non-hydrogen) atoms. The molecule has 0 aromatic rings. The van der Waals surface area contributed by atoms with Crippen LogP contribution in [-0.2, 0) is 4.29 Å². The molecular formula is C6H16AlClO. The van der Waals surface area contributed by atoms with Gasteiger partial charge in [0.15, 0.2) is 17.4 Å². The Kier molecular flexibility index (Phi) is 7.69. The zero-order chi connectivity index (χ0) is 6.62. The highest BCUT2D eigenvalue weighted by atomic mass is 35.5. The summed E-state index contributed by atoms with van der Waals surface area (Å²) in [5, 5.41) is 0. The third-order valence-electron chi connectivity index (χ3n) is 1.06. The Labute approximate surface area is 73.0 Å². The van der Waals surface area contributed by atoms with Crippen molar-refractivity contribution in [3.63, 3.8) is 0 Å². The molecule has 0 atom stereocenters. The van der Waals surface area contributed by atoms with Crippen molar-refractivity contribution in [1.82, 2.24) is 0 Å². The van der Waals surface area contributed by atoms with Gasteiger partial charge in [0.2, 0.25) is 0 Å². The van der Waals surface area contributed by atoms with Crippen molar-refractivity contribution in [3.8, 4) is 0 Å². The first-order chi connectivity index (χ1) is 3.62. The molecular weight excluding hydrogens is 150 g/mol. The molecule has 0 N–H and O–H groups in total. The maximum Gasteiger partial charge on any atom is 0.187 e. The van der Waals surface area contributed by atoms with E-state index < -0.39 is 0 Å². The summed E-state index contributed by atoms with van der Waals surface area (Å²) in [6.45, 7) is 6.06. The molecule has 0 saturated heterocycles. The molecule has 0 radical (unpaired) electrons. The van der Waals surface area contributed by atoms with E-state index in [0.29, 0.717) is 0 Å². The summed E-state index contributed by atoms with van der Waals surface area (Å²) >= 11 is 5.17. The van der Waals surface area contributed by atoms with Crippen LogP contribution in [0.3, 0.4) is 0 Å². The van der Waals surface area contributed by atoms with Crippen LogP contribution in [0.2, 0.25) is 0 Å². The summed E-state index contributed by atoms with van der Waals surface area (Å²) in [6.07, 6.45) is 2.12. The SMILES string of the molecule is CCCC(C)(C)OCl.[AlH3]. The van der Waals surface area contributed by atoms with Crippen molar-refractivity contribution in [2.45, 2.75) is 39.2 Å². The van der Waals surface area contributed by atoms with E-state index in [4.69, 9.17) is 11.9 Å². The summed E-state index contributed by atoms with van der Waals surface area (Å²) in [7, 11) is 0. The second-order valence-electron chi connectivity index (χ2n) is 2.59. The summed E-state index contributed by atoms with van der Waals surface area (Å²) in [4.78, 5) is 0. The molecule has 0 heterocycles. The molecule has 3 heteroatoms. The van der Waals surface area contributed by atoms with Crippen LogP contribution in [0.15, 0.2) is 0 Å². The fourth-order valence-corrected chi connectivity index (χ4v) is 0.718. The van der Waals surface area contributed by atoms with Gasteiger partial charge in [-0.05, 0) is 20.3 Å². The lowest BCUT2D eigenvalue weighted by Gasteiger charge is -2.18. The van der Waals surface area contributed by atoms with Gasteiger partial charge in [-0.3, -0.25) is 4.29 Å². The van der Waals surface area contributed by atoms with Gasteiger partial charge in [-0.25, -0.2) is 0 Å². The maximum atomic E-state index is 5.17. The normalized spacial score (nSPS) is 10.7. The molecule has 0 aliphatic carbocycles. The first-order valence-electron chi connectivity index (χ1n) is 2.92. The third kappa shape index (κ3) is 6.67. The zero-order valence-corrected chi connectivity index (χ0v) is 6.46. The molecule has 0 aliphatic heterocycles. The number of hydrogen-bond acceptors (Lipinski definition) is 1. The fraction of sp³-hybridized carbons (Fsp3) is 1.00. The van der Waals surface area contributed by atoms with Crippen LogP contribution in [0.1, 0.15) is 33.6 Å². The summed E-state index contributed by atoms with van der Waals surface area (Å²) in [5.74, 6) is 0. The molecule has 1 nitrogen and oxygen atoms in total. The van der Waals surface area contributed by atoms with Gasteiger partial charge in [0.05, 0.1) is 17.5 Å². The molecule has 0 aromatic carbocycles. The standard InChI is InChI=1S/C6H13ClO.Al.3H/c1-4-5-6(2,3)8-7;;;;/h4-5H2,1-3H3;;;;. The van der Waals surface area contributed by atoms with Gasteiger partial charge in [0.25, 0.3) is 0 Å². The summed E-state index contributed by atoms with van der Waals surface area (Å²) in [5.41, 5.74) is -0.143. The van der Waals surface area contributed by atoms with Crippen LogP contribution in [0.5, 0.6) is 0 Å². The summed E-state index contributed by atoms with van der Waals surface area (Å²) in [6, 6.07) is 0. The average molecular weight is 167 g/mol. The molecule has 0 bridgehead atoms. The number of halogens is 1. The van der Waals surface area contributed by atoms with Crippen molar-refractivity contribution in [3.05, 3.63) is 0 Å². The molecule has 0 rings (SSSR count). The van der Waals surface area contributed by atoms with Gasteiger partial charge in [0, 0.05) is 0 Å². The van der Waals surface area contributed by atoms with E-state index in [-0.39, 0.29) is 23.0 Å². The predicted octanol–water partition coefficient (Wildman–Crippen LogP) is 1.55. The Balaban J connectivity index is 0. The average Bonchev–Trinajstić information content (AvgIpc) is 1.67. The van der Waals surface area contributed by atoms with Crippen molar-refractivity contribution >= 4 is 29.2 Å². The van der Waals surface area contributed by atoms with Crippen LogP contribution >= 0.6 is 11.9 Å². The number of hydrogen-bond donors (Lipinski definition) is 0. The minimum atomic E-state index is -0.143. The van der Waals surface area contributed by atoms with E-state index >= 15 is 0 Å². The van der Waals surface area contributed by atoms with Crippen LogP contribution in [-0.4, -0.2) is 23.0 Å². The molecule has 0 spiro atoms. The topological polar surface area (TPSA) is 9.23 Å². The Hall–Kier alpha value is 0.782. The van der Waals surface area contributed by atoms with Crippen LogP contribution in [0.25, 0.3) is 0 Å². The Morgan fingerprint density at radius 3 is 2.00 bits per heavy atom. The predicted molar refractivity (Wildman–Crippen MR) is 45.9 cm³/mol. The minimum Gasteiger partial charge on any atom is -0.273 e. The van der Waals surface area contributed by atoms with Crippen molar-refractivity contribution < 1.29 is 4.29 Å². The van der Waals surface area contributed by atoms with Crippen LogP contribution in [0, 0.1) is 0 Å². The van der Waals surface area contributed by atoms with E-state index in [0.717, 1.165) is 12.8 Å². The van der Waals surface area contributed by atoms with Crippen molar-refractivity contribution in [2.75, 3.05) is 0 Å². The Morgan fingerprint density at radius 2 is 1.89 bits per heavy atom. The molecule has 0 saturated carbocycles. The zero-order valence-electron chi connectivity index (χ0n) is 5.70. The maximum absolute atomic E-state index is 5.17. The first kappa shape index (κ1) is 12.5. The number of rotatable bonds is 3. The Morgan fingerprint density at radius 1 is 1.44 bits per heavy atom. The van der Waals surface area contributed by atoms with E-state index in [9.17, 15) is 0 Å². The van der Waals surface area contributed by atoms with Gasteiger partial charge < -0.3 is 0 Å². The molecule has 0 unspecified atom stereocenters. The van der Waals surface area contributed by atoms with E-state index in [1.54, 1.807) is 0 Å². The molecule has 0 aliphatic rings. The fourth-order valence-electron chi connectivity index (χ4n) is 0.641. The Bertz CT molecular complexity index is 66.1. The largest absolute Gasteiger partial charge is 0.273 e. The van der Waals surface area contributed by atoms with E-state index in [2.05, 4.69) is 11.2 Å². The third-order valence-corrected chi connectivity index (χ3v) is 1.48. The van der Waals surface area contributed by atoms with Gasteiger partial charge in [-0.1, -0.05) is 13.3 Å². The summed E-state index contributed by atoms with van der Waals surface area (Å²) < 4.78 is 4.65. The van der Waals surface area contributed by atoms with Gasteiger partial charge in [0.1, 0.15) is 0 Å². The first-order valence-corrected chi connectivity index (χ1v) is 3.23. The monoisotopic (exact) mass is 166 g/mol. The van der Waals surface area contributed by atoms with Gasteiger partial charge in [-0.2, -0.15) is 0 Å². The van der Waals surface area contributed by atoms with E-state index in [1.165, 1.54) is 0 Å². The minimum absolute atomic E-state index is 0. The van der Waals surface area contributed by atoms with Crippen LogP contribution < -0.4 is 0 Å². The highest BCUT2D eigenvalue weighted by molar-refractivity contribution is 6.07. The van der Waals surface area contributed by atoms with Gasteiger partial charge in [-0.15, -0.1) is 0 Å². The molecule has 0 amide bonds. The highest BCUT2D eigenvalue weighted by Gasteiger charge is 2.15. The lowest BCUT2D eigenvalue weighted by atomic mass is 10.0. The van der Waals surface area contributed by atoms with Gasteiger partial charge >= 0.3 is 0 Å². The highest BCUT2D eigenvalue weighted by Crippen LogP contribution is 2.17. The van der Waals surface area contributed by atoms with Crippen molar-refractivity contribution in [1.29, 1.82) is 0 Å². The smallest absolute Gasteiger partial charge is 0.187 e. The quantitative estimate of drug-likeness (QED) is 0.579. The van der Waals surface area contributed by atoms with E-state index in [1.807, 2.05) is 13.8 Å². The molecule has 56 valence electrons. The van der Waals surface area contributed by atoms with Crippen molar-refractivity contribution in [2.24, 2.45) is 0 Å². The van der Waals surface area contributed by atoms with Crippen LogP contribution in [0.4, 0.5) is 0 Å². The molecule has 0 aromatic heterocycles. The second-order valence-corrected chi connectivity index (χ2v) is 2.74. The lowest BCUT2D eigenvalue weighted by Crippen LogP contribution is -2.18. The molecule has 0 fully saturated rings. The lowest BCUT2D eigenvalue weighted by molar-refractivity contribution is 0.113. The second kappa shape index (κ2) is 5.56.